The molecule has 2 atom stereocenters. The van der Waals surface area contributed by atoms with E-state index in [1.807, 2.05) is 36.4 Å². The summed E-state index contributed by atoms with van der Waals surface area (Å²) in [6.07, 6.45) is 5.20. The average Bonchev–Trinajstić information content (AvgIpc) is 3.24. The molecule has 166 valence electrons. The monoisotopic (exact) mass is 475 g/mol. The highest BCUT2D eigenvalue weighted by Gasteiger charge is 2.43. The standard InChI is InChI=1S/C27H23Cl2N3O/c28-23-15-14-21(17-24(23)29)30-27(33)32-26(19-10-5-2-6-11-19)22-13-7-12-20(25(22)31-32)16-18-8-3-1-4-9-18/h1-6,8-11,14-17,22,26H,7,12-13H2,(H,30,33)/b20-16+/t22-,26+/m1/s1. The molecule has 2 aliphatic rings. The van der Waals surface area contributed by atoms with Gasteiger partial charge in [0.05, 0.1) is 21.8 Å². The third kappa shape index (κ3) is 4.54. The first-order valence-corrected chi connectivity index (χ1v) is 11.8. The van der Waals surface area contributed by atoms with E-state index in [1.165, 1.54) is 5.57 Å². The van der Waals surface area contributed by atoms with Crippen LogP contribution in [0.5, 0.6) is 0 Å². The van der Waals surface area contributed by atoms with Gasteiger partial charge in [0.2, 0.25) is 0 Å². The van der Waals surface area contributed by atoms with E-state index in [2.05, 4.69) is 35.7 Å². The number of amides is 2. The second-order valence-electron chi connectivity index (χ2n) is 8.32. The van der Waals surface area contributed by atoms with Gasteiger partial charge in [0.1, 0.15) is 0 Å². The van der Waals surface area contributed by atoms with Crippen LogP contribution in [0.2, 0.25) is 10.0 Å². The van der Waals surface area contributed by atoms with Gasteiger partial charge in [-0.1, -0.05) is 83.9 Å². The number of carbonyl (C=O) groups is 1. The van der Waals surface area contributed by atoms with Crippen LogP contribution in [-0.4, -0.2) is 16.8 Å². The molecule has 1 heterocycles. The Kier molecular flexibility index (Phi) is 6.21. The summed E-state index contributed by atoms with van der Waals surface area (Å²) in [5.41, 5.74) is 5.00. The molecule has 1 aliphatic heterocycles. The van der Waals surface area contributed by atoms with Crippen LogP contribution in [-0.2, 0) is 0 Å². The van der Waals surface area contributed by atoms with Crippen molar-refractivity contribution in [1.29, 1.82) is 0 Å². The topological polar surface area (TPSA) is 44.7 Å². The lowest BCUT2D eigenvalue weighted by atomic mass is 9.77. The summed E-state index contributed by atoms with van der Waals surface area (Å²) in [4.78, 5) is 13.4. The first kappa shape index (κ1) is 21.7. The van der Waals surface area contributed by atoms with E-state index in [-0.39, 0.29) is 18.0 Å². The molecule has 33 heavy (non-hydrogen) atoms. The molecule has 5 rings (SSSR count). The van der Waals surface area contributed by atoms with Crippen molar-refractivity contribution in [3.63, 3.8) is 0 Å². The zero-order valence-electron chi connectivity index (χ0n) is 17.9. The minimum atomic E-state index is -0.289. The van der Waals surface area contributed by atoms with E-state index in [0.717, 1.165) is 36.1 Å². The number of carbonyl (C=O) groups excluding carboxylic acids is 1. The number of allylic oxidation sites excluding steroid dienone is 1. The van der Waals surface area contributed by atoms with Gasteiger partial charge in [0.25, 0.3) is 0 Å². The first-order chi connectivity index (χ1) is 16.1. The largest absolute Gasteiger partial charge is 0.342 e. The summed E-state index contributed by atoms with van der Waals surface area (Å²) in [6.45, 7) is 0. The Balaban J connectivity index is 1.51. The highest BCUT2D eigenvalue weighted by molar-refractivity contribution is 6.42. The van der Waals surface area contributed by atoms with Gasteiger partial charge >= 0.3 is 6.03 Å². The molecule has 0 bridgehead atoms. The van der Waals surface area contributed by atoms with Gasteiger partial charge in [-0.25, -0.2) is 9.80 Å². The molecule has 1 N–H and O–H groups in total. The molecule has 0 unspecified atom stereocenters. The molecule has 0 spiro atoms. The molecule has 3 aromatic carbocycles. The molecule has 1 fully saturated rings. The zero-order valence-corrected chi connectivity index (χ0v) is 19.4. The summed E-state index contributed by atoms with van der Waals surface area (Å²) in [6, 6.07) is 25.0. The van der Waals surface area contributed by atoms with E-state index >= 15 is 0 Å². The number of hydrogen-bond acceptors (Lipinski definition) is 2. The highest BCUT2D eigenvalue weighted by Crippen LogP contribution is 2.44. The van der Waals surface area contributed by atoms with Gasteiger partial charge < -0.3 is 5.32 Å². The third-order valence-corrected chi connectivity index (χ3v) is 6.90. The number of anilines is 1. The number of halogens is 2. The van der Waals surface area contributed by atoms with Crippen molar-refractivity contribution >= 4 is 46.7 Å². The van der Waals surface area contributed by atoms with Crippen molar-refractivity contribution in [3.8, 4) is 0 Å². The maximum Gasteiger partial charge on any atom is 0.342 e. The summed E-state index contributed by atoms with van der Waals surface area (Å²) in [7, 11) is 0. The second kappa shape index (κ2) is 9.42. The lowest BCUT2D eigenvalue weighted by Crippen LogP contribution is -2.34. The summed E-state index contributed by atoms with van der Waals surface area (Å²) >= 11 is 12.2. The van der Waals surface area contributed by atoms with Crippen LogP contribution in [0.15, 0.2) is 89.5 Å². The molecule has 0 saturated heterocycles. The fraction of sp³-hybridized carbons (Fsp3) is 0.185. The predicted octanol–water partition coefficient (Wildman–Crippen LogP) is 7.82. The van der Waals surface area contributed by atoms with Crippen LogP contribution >= 0.6 is 23.2 Å². The van der Waals surface area contributed by atoms with Gasteiger partial charge in [-0.15, -0.1) is 0 Å². The molecule has 1 aliphatic carbocycles. The van der Waals surface area contributed by atoms with Crippen molar-refractivity contribution in [2.45, 2.75) is 25.3 Å². The molecule has 4 nitrogen and oxygen atoms in total. The van der Waals surface area contributed by atoms with Crippen molar-refractivity contribution in [2.24, 2.45) is 11.0 Å². The van der Waals surface area contributed by atoms with Crippen LogP contribution in [0, 0.1) is 5.92 Å². The van der Waals surface area contributed by atoms with E-state index in [0.29, 0.717) is 15.7 Å². The van der Waals surface area contributed by atoms with Gasteiger partial charge in [-0.05, 0) is 60.2 Å². The van der Waals surface area contributed by atoms with Crippen molar-refractivity contribution in [3.05, 3.63) is 106 Å². The number of rotatable bonds is 3. The maximum atomic E-state index is 13.4. The van der Waals surface area contributed by atoms with Crippen molar-refractivity contribution in [2.75, 3.05) is 5.32 Å². The number of benzene rings is 3. The molecular weight excluding hydrogens is 453 g/mol. The third-order valence-electron chi connectivity index (χ3n) is 6.16. The summed E-state index contributed by atoms with van der Waals surface area (Å²) < 4.78 is 0. The highest BCUT2D eigenvalue weighted by atomic mass is 35.5. The number of hydrazone groups is 1. The normalized spacial score (nSPS) is 21.0. The molecule has 0 aromatic heterocycles. The Hall–Kier alpha value is -3.08. The molecular formula is C27H23Cl2N3O. The molecule has 3 aromatic rings. The second-order valence-corrected chi connectivity index (χ2v) is 9.14. The molecule has 1 saturated carbocycles. The Bertz CT molecular complexity index is 1220. The number of fused-ring (bicyclic) bond motifs is 1. The quantitative estimate of drug-likeness (QED) is 0.412. The fourth-order valence-corrected chi connectivity index (χ4v) is 4.95. The van der Waals surface area contributed by atoms with Crippen LogP contribution in [0.1, 0.15) is 36.4 Å². The van der Waals surface area contributed by atoms with Gasteiger partial charge in [0, 0.05) is 11.6 Å². The number of hydrogen-bond donors (Lipinski definition) is 1. The van der Waals surface area contributed by atoms with Gasteiger partial charge in [0.15, 0.2) is 0 Å². The van der Waals surface area contributed by atoms with E-state index in [9.17, 15) is 4.79 Å². The minimum Gasteiger partial charge on any atom is -0.306 e. The van der Waals surface area contributed by atoms with Crippen LogP contribution in [0.3, 0.4) is 0 Å². The van der Waals surface area contributed by atoms with Crippen LogP contribution in [0.4, 0.5) is 10.5 Å². The lowest BCUT2D eigenvalue weighted by molar-refractivity contribution is 0.188. The Morgan fingerprint density at radius 3 is 2.42 bits per heavy atom. The van der Waals surface area contributed by atoms with Gasteiger partial charge in [-0.3, -0.25) is 0 Å². The van der Waals surface area contributed by atoms with Gasteiger partial charge in [-0.2, -0.15) is 5.10 Å². The van der Waals surface area contributed by atoms with Crippen molar-refractivity contribution < 1.29 is 4.79 Å². The SMILES string of the molecule is O=C(Nc1ccc(Cl)c(Cl)c1)N1N=C2/C(=C/c3ccccc3)CCC[C@H]2[C@@H]1c1ccccc1. The zero-order chi connectivity index (χ0) is 22.8. The number of nitrogens with zero attached hydrogens (tertiary/aromatic N) is 2. The van der Waals surface area contributed by atoms with E-state index < -0.39 is 0 Å². The minimum absolute atomic E-state index is 0.149. The Labute approximate surface area is 203 Å². The summed E-state index contributed by atoms with van der Waals surface area (Å²) in [5.74, 6) is 0.149. The predicted molar refractivity (Wildman–Crippen MR) is 136 cm³/mol. The first-order valence-electron chi connectivity index (χ1n) is 11.0. The molecule has 0 radical (unpaired) electrons. The lowest BCUT2D eigenvalue weighted by Gasteiger charge is -2.29. The number of urea groups is 1. The molecule has 2 amide bonds. The number of nitrogens with one attached hydrogen (secondary N) is 1. The van der Waals surface area contributed by atoms with Crippen LogP contribution in [0.25, 0.3) is 6.08 Å². The fourth-order valence-electron chi connectivity index (χ4n) is 4.66. The smallest absolute Gasteiger partial charge is 0.306 e. The van der Waals surface area contributed by atoms with E-state index in [1.54, 1.807) is 23.2 Å². The maximum absolute atomic E-state index is 13.4. The van der Waals surface area contributed by atoms with Crippen molar-refractivity contribution in [1.82, 2.24) is 5.01 Å². The Morgan fingerprint density at radius 2 is 1.70 bits per heavy atom. The average molecular weight is 476 g/mol. The van der Waals surface area contributed by atoms with Crippen LogP contribution < -0.4 is 5.32 Å². The molecule has 6 heteroatoms. The Morgan fingerprint density at radius 1 is 0.970 bits per heavy atom. The summed E-state index contributed by atoms with van der Waals surface area (Å²) in [5, 5.41) is 10.3. The van der Waals surface area contributed by atoms with E-state index in [4.69, 9.17) is 28.3 Å².